The molecule has 1 aromatic carbocycles. The Hall–Kier alpha value is -3.68. The first-order chi connectivity index (χ1) is 14.0. The molecule has 1 aliphatic rings. The predicted molar refractivity (Wildman–Crippen MR) is 107 cm³/mol. The van der Waals surface area contributed by atoms with Crippen molar-refractivity contribution >= 4 is 34.5 Å². The molecular weight excluding hydrogens is 372 g/mol. The van der Waals surface area contributed by atoms with Crippen LogP contribution in [0.5, 0.6) is 0 Å². The van der Waals surface area contributed by atoms with Crippen LogP contribution >= 0.6 is 0 Å². The van der Waals surface area contributed by atoms with Gasteiger partial charge in [0.2, 0.25) is 11.5 Å². The number of Topliss-reactive ketones (excluding diaryl/α,β-unsaturated/α-hetero) is 1. The molecular formula is C21H20N4O4. The highest BCUT2D eigenvalue weighted by atomic mass is 16.4. The van der Waals surface area contributed by atoms with Gasteiger partial charge in [-0.3, -0.25) is 9.59 Å². The van der Waals surface area contributed by atoms with Gasteiger partial charge in [-0.1, -0.05) is 30.3 Å². The number of carbonyl (C=O) groups excluding carboxylic acids is 3. The molecule has 3 amide bonds. The summed E-state index contributed by atoms with van der Waals surface area (Å²) in [5.41, 5.74) is 6.51. The molecule has 0 radical (unpaired) electrons. The molecule has 0 aliphatic carbocycles. The largest absolute Gasteiger partial charge is 0.430 e. The molecule has 1 saturated heterocycles. The number of nitrogens with zero attached hydrogens (tertiary/aromatic N) is 2. The average molecular weight is 392 g/mol. The lowest BCUT2D eigenvalue weighted by molar-refractivity contribution is 0.0858. The standard InChI is InChI=1S/C21H20N4O4/c22-19(27)18-16(15-7-4-10-23-20(15)29-18)24-21(28)25-11-8-14(9-12-25)17(26)13-5-2-1-3-6-13/h1-7,10,14H,8-9,11-12H2,(H2,22,27)(H,24,28). The maximum atomic E-state index is 12.7. The Bertz CT molecular complexity index is 1070. The van der Waals surface area contributed by atoms with Gasteiger partial charge in [-0.2, -0.15) is 0 Å². The van der Waals surface area contributed by atoms with Gasteiger partial charge in [0.15, 0.2) is 5.78 Å². The van der Waals surface area contributed by atoms with Crippen LogP contribution in [0.3, 0.4) is 0 Å². The number of rotatable bonds is 4. The number of hydrogen-bond donors (Lipinski definition) is 2. The van der Waals surface area contributed by atoms with Crippen molar-refractivity contribution in [1.82, 2.24) is 9.88 Å². The zero-order chi connectivity index (χ0) is 20.4. The maximum absolute atomic E-state index is 12.7. The first kappa shape index (κ1) is 18.7. The first-order valence-electron chi connectivity index (χ1n) is 9.37. The number of ketones is 1. The second-order valence-corrected chi connectivity index (χ2v) is 6.95. The maximum Gasteiger partial charge on any atom is 0.321 e. The van der Waals surface area contributed by atoms with Crippen LogP contribution in [0.1, 0.15) is 33.8 Å². The van der Waals surface area contributed by atoms with Crippen LogP contribution in [-0.4, -0.2) is 40.7 Å². The lowest BCUT2D eigenvalue weighted by Crippen LogP contribution is -2.42. The van der Waals surface area contributed by atoms with Gasteiger partial charge < -0.3 is 20.4 Å². The summed E-state index contributed by atoms with van der Waals surface area (Å²) in [7, 11) is 0. The zero-order valence-electron chi connectivity index (χ0n) is 15.6. The van der Waals surface area contributed by atoms with Crippen molar-refractivity contribution in [3.05, 3.63) is 60.0 Å². The lowest BCUT2D eigenvalue weighted by atomic mass is 9.89. The number of hydrogen-bond acceptors (Lipinski definition) is 5. The van der Waals surface area contributed by atoms with E-state index in [0.29, 0.717) is 36.9 Å². The van der Waals surface area contributed by atoms with Crippen molar-refractivity contribution in [1.29, 1.82) is 0 Å². The normalized spacial score (nSPS) is 14.7. The van der Waals surface area contributed by atoms with Crippen molar-refractivity contribution in [3.8, 4) is 0 Å². The Morgan fingerprint density at radius 1 is 1.07 bits per heavy atom. The predicted octanol–water partition coefficient (Wildman–Crippen LogP) is 3.05. The molecule has 0 bridgehead atoms. The first-order valence-corrected chi connectivity index (χ1v) is 9.37. The number of nitrogens with two attached hydrogens (primary N) is 1. The average Bonchev–Trinajstić information content (AvgIpc) is 3.13. The van der Waals surface area contributed by atoms with E-state index in [-0.39, 0.29) is 34.9 Å². The highest BCUT2D eigenvalue weighted by Gasteiger charge is 2.29. The van der Waals surface area contributed by atoms with E-state index in [0.717, 1.165) is 0 Å². The number of benzene rings is 1. The molecule has 3 heterocycles. The number of fused-ring (bicyclic) bond motifs is 1. The van der Waals surface area contributed by atoms with Crippen molar-refractivity contribution in [2.45, 2.75) is 12.8 Å². The van der Waals surface area contributed by atoms with Crippen LogP contribution in [0.25, 0.3) is 11.1 Å². The Labute approximate surface area is 166 Å². The molecule has 29 heavy (non-hydrogen) atoms. The van der Waals surface area contributed by atoms with Crippen LogP contribution in [0.4, 0.5) is 10.5 Å². The number of aromatic nitrogens is 1. The topological polar surface area (TPSA) is 119 Å². The van der Waals surface area contributed by atoms with Gasteiger partial charge in [-0.05, 0) is 25.0 Å². The van der Waals surface area contributed by atoms with E-state index in [1.165, 1.54) is 6.20 Å². The second kappa shape index (κ2) is 7.75. The van der Waals surface area contributed by atoms with Crippen LogP contribution < -0.4 is 11.1 Å². The highest BCUT2D eigenvalue weighted by molar-refractivity contribution is 6.09. The van der Waals surface area contributed by atoms with E-state index in [9.17, 15) is 14.4 Å². The van der Waals surface area contributed by atoms with E-state index >= 15 is 0 Å². The van der Waals surface area contributed by atoms with Gasteiger partial charge in [-0.25, -0.2) is 9.78 Å². The Balaban J connectivity index is 1.45. The molecule has 1 aliphatic heterocycles. The number of likely N-dealkylation sites (tertiary alicyclic amines) is 1. The molecule has 0 spiro atoms. The third-order valence-corrected chi connectivity index (χ3v) is 5.13. The minimum absolute atomic E-state index is 0.105. The summed E-state index contributed by atoms with van der Waals surface area (Å²) in [6, 6.07) is 12.2. The monoisotopic (exact) mass is 392 g/mol. The fourth-order valence-corrected chi connectivity index (χ4v) is 3.60. The van der Waals surface area contributed by atoms with Gasteiger partial charge in [0, 0.05) is 30.8 Å². The summed E-state index contributed by atoms with van der Waals surface area (Å²) >= 11 is 0. The summed E-state index contributed by atoms with van der Waals surface area (Å²) in [5.74, 6) is -0.929. The fraction of sp³-hybridized carbons (Fsp3) is 0.238. The van der Waals surface area contributed by atoms with Crippen molar-refractivity contribution in [2.24, 2.45) is 11.7 Å². The second-order valence-electron chi connectivity index (χ2n) is 6.95. The van der Waals surface area contributed by atoms with Crippen molar-refractivity contribution in [2.75, 3.05) is 18.4 Å². The van der Waals surface area contributed by atoms with Gasteiger partial charge in [-0.15, -0.1) is 0 Å². The lowest BCUT2D eigenvalue weighted by Gasteiger charge is -2.31. The molecule has 0 atom stereocenters. The van der Waals surface area contributed by atoms with Gasteiger partial charge in [0.05, 0.1) is 5.39 Å². The minimum Gasteiger partial charge on any atom is -0.430 e. The SMILES string of the molecule is NC(=O)c1oc2ncccc2c1NC(=O)N1CCC(C(=O)c2ccccc2)CC1. The molecule has 8 nitrogen and oxygen atoms in total. The van der Waals surface area contributed by atoms with Crippen LogP contribution in [0.15, 0.2) is 53.1 Å². The molecule has 0 saturated carbocycles. The molecule has 1 fully saturated rings. The van der Waals surface area contributed by atoms with E-state index in [4.69, 9.17) is 10.2 Å². The number of amides is 3. The van der Waals surface area contributed by atoms with E-state index in [2.05, 4.69) is 10.3 Å². The van der Waals surface area contributed by atoms with Gasteiger partial charge in [0.25, 0.3) is 5.91 Å². The third-order valence-electron chi connectivity index (χ3n) is 5.13. The minimum atomic E-state index is -0.787. The number of primary amides is 1. The van der Waals surface area contributed by atoms with Crippen LogP contribution in [0.2, 0.25) is 0 Å². The van der Waals surface area contributed by atoms with Gasteiger partial charge >= 0.3 is 6.03 Å². The summed E-state index contributed by atoms with van der Waals surface area (Å²) in [6.07, 6.45) is 2.69. The highest BCUT2D eigenvalue weighted by Crippen LogP contribution is 2.30. The number of anilines is 1. The van der Waals surface area contributed by atoms with Gasteiger partial charge in [0.1, 0.15) is 5.69 Å². The number of furan rings is 1. The Morgan fingerprint density at radius 2 is 1.79 bits per heavy atom. The van der Waals surface area contributed by atoms with E-state index in [1.54, 1.807) is 17.0 Å². The Kier molecular flexibility index (Phi) is 4.99. The zero-order valence-corrected chi connectivity index (χ0v) is 15.6. The molecule has 3 N–H and O–H groups in total. The van der Waals surface area contributed by atoms with E-state index < -0.39 is 5.91 Å². The van der Waals surface area contributed by atoms with E-state index in [1.807, 2.05) is 30.3 Å². The third kappa shape index (κ3) is 3.69. The molecule has 4 rings (SSSR count). The number of urea groups is 1. The van der Waals surface area contributed by atoms with Crippen LogP contribution in [0, 0.1) is 5.92 Å². The Morgan fingerprint density at radius 3 is 2.48 bits per heavy atom. The van der Waals surface area contributed by atoms with Crippen LogP contribution in [-0.2, 0) is 0 Å². The van der Waals surface area contributed by atoms with Crippen molar-refractivity contribution < 1.29 is 18.8 Å². The number of piperidine rings is 1. The fourth-order valence-electron chi connectivity index (χ4n) is 3.60. The molecule has 0 unspecified atom stereocenters. The summed E-state index contributed by atoms with van der Waals surface area (Å²) < 4.78 is 5.38. The molecule has 2 aromatic heterocycles. The molecule has 8 heteroatoms. The van der Waals surface area contributed by atoms with Crippen molar-refractivity contribution in [3.63, 3.8) is 0 Å². The smallest absolute Gasteiger partial charge is 0.321 e. The molecule has 148 valence electrons. The summed E-state index contributed by atoms with van der Waals surface area (Å²) in [6.45, 7) is 0.879. The number of carbonyl (C=O) groups is 3. The number of nitrogens with one attached hydrogen (secondary N) is 1. The summed E-state index contributed by atoms with van der Waals surface area (Å²) in [4.78, 5) is 42.7. The molecule has 3 aromatic rings. The summed E-state index contributed by atoms with van der Waals surface area (Å²) in [5, 5.41) is 3.23. The number of pyridine rings is 1. The quantitative estimate of drug-likeness (QED) is 0.662.